The van der Waals surface area contributed by atoms with Crippen LogP contribution in [-0.2, 0) is 0 Å². The fraction of sp³-hybridized carbons (Fsp3) is 0.778. The van der Waals surface area contributed by atoms with Crippen LogP contribution < -0.4 is 0 Å². The first-order valence-corrected chi connectivity index (χ1v) is 7.97. The lowest BCUT2D eigenvalue weighted by Gasteiger charge is -2.36. The lowest BCUT2D eigenvalue weighted by Crippen LogP contribution is -2.36. The molecular formula is C18H36FN. The van der Waals surface area contributed by atoms with Gasteiger partial charge in [-0.05, 0) is 37.5 Å². The van der Waals surface area contributed by atoms with Crippen LogP contribution in [0, 0.1) is 17.8 Å². The molecule has 1 aliphatic rings. The van der Waals surface area contributed by atoms with Crippen molar-refractivity contribution in [2.24, 2.45) is 17.8 Å². The van der Waals surface area contributed by atoms with E-state index in [2.05, 4.69) is 45.4 Å². The highest BCUT2D eigenvalue weighted by Gasteiger charge is 2.24. The third-order valence-electron chi connectivity index (χ3n) is 3.75. The molecule has 20 heavy (non-hydrogen) atoms. The summed E-state index contributed by atoms with van der Waals surface area (Å²) in [6.07, 6.45) is 1.49. The van der Waals surface area contributed by atoms with E-state index in [0.717, 1.165) is 24.6 Å². The fourth-order valence-electron chi connectivity index (χ4n) is 2.66. The van der Waals surface area contributed by atoms with E-state index in [4.69, 9.17) is 0 Å². The summed E-state index contributed by atoms with van der Waals surface area (Å²) in [4.78, 5) is 2.15. The number of hydrogen-bond acceptors (Lipinski definition) is 1. The van der Waals surface area contributed by atoms with E-state index in [1.165, 1.54) is 6.42 Å². The summed E-state index contributed by atoms with van der Waals surface area (Å²) in [7, 11) is 0. The number of rotatable bonds is 2. The molecule has 1 fully saturated rings. The molecule has 0 radical (unpaired) electrons. The van der Waals surface area contributed by atoms with Crippen LogP contribution in [0.2, 0.25) is 0 Å². The Morgan fingerprint density at radius 3 is 2.15 bits per heavy atom. The third kappa shape index (κ3) is 8.39. The second-order valence-corrected chi connectivity index (χ2v) is 5.75. The predicted molar refractivity (Wildman–Crippen MR) is 90.6 cm³/mol. The van der Waals surface area contributed by atoms with E-state index in [-0.39, 0.29) is 0 Å². The van der Waals surface area contributed by atoms with Crippen LogP contribution in [0.25, 0.3) is 0 Å². The molecule has 1 nitrogen and oxygen atoms in total. The third-order valence-corrected chi connectivity index (χ3v) is 3.75. The van der Waals surface area contributed by atoms with Gasteiger partial charge in [0.1, 0.15) is 6.17 Å². The van der Waals surface area contributed by atoms with E-state index in [1.54, 1.807) is 6.92 Å². The zero-order chi connectivity index (χ0) is 16.3. The maximum atomic E-state index is 13.1. The van der Waals surface area contributed by atoms with Crippen LogP contribution >= 0.6 is 0 Å². The molecule has 0 aromatic rings. The molecule has 0 N–H and O–H groups in total. The van der Waals surface area contributed by atoms with E-state index >= 15 is 0 Å². The Morgan fingerprint density at radius 2 is 1.70 bits per heavy atom. The summed E-state index contributed by atoms with van der Waals surface area (Å²) < 4.78 is 13.1. The summed E-state index contributed by atoms with van der Waals surface area (Å²) in [5, 5.41) is 0. The summed E-state index contributed by atoms with van der Waals surface area (Å²) >= 11 is 0. The Hall–Kier alpha value is -0.790. The van der Waals surface area contributed by atoms with Crippen LogP contribution in [0.1, 0.15) is 54.4 Å². The monoisotopic (exact) mass is 285 g/mol. The molecule has 0 bridgehead atoms. The Labute approximate surface area is 126 Å². The number of allylic oxidation sites excluding steroid dienone is 1. The minimum atomic E-state index is -0.767. The number of hydrogen-bond donors (Lipinski definition) is 0. The number of likely N-dealkylation sites (tertiary alicyclic amines) is 1. The SMILES string of the molecule is C=C.C=C1CC(C)C(C)CC(C)CN1CC(C)F.CC. The molecule has 4 unspecified atom stereocenters. The molecule has 1 heterocycles. The average Bonchev–Trinajstić information content (AvgIpc) is 2.40. The summed E-state index contributed by atoms with van der Waals surface area (Å²) in [5.41, 5.74) is 1.12. The Morgan fingerprint density at radius 1 is 1.20 bits per heavy atom. The zero-order valence-corrected chi connectivity index (χ0v) is 14.6. The van der Waals surface area contributed by atoms with E-state index in [0.29, 0.717) is 18.4 Å². The highest BCUT2D eigenvalue weighted by Crippen LogP contribution is 2.30. The van der Waals surface area contributed by atoms with Gasteiger partial charge in [0.15, 0.2) is 0 Å². The van der Waals surface area contributed by atoms with Gasteiger partial charge in [0, 0.05) is 18.8 Å². The van der Waals surface area contributed by atoms with E-state index in [1.807, 2.05) is 13.8 Å². The van der Waals surface area contributed by atoms with E-state index in [9.17, 15) is 4.39 Å². The topological polar surface area (TPSA) is 3.24 Å². The first-order chi connectivity index (χ1) is 9.40. The Balaban J connectivity index is 0. The second kappa shape index (κ2) is 12.0. The molecule has 2 heteroatoms. The average molecular weight is 285 g/mol. The molecular weight excluding hydrogens is 249 g/mol. The van der Waals surface area contributed by atoms with Crippen molar-refractivity contribution in [2.45, 2.75) is 60.6 Å². The lowest BCUT2D eigenvalue weighted by atomic mass is 9.83. The Kier molecular flexibility index (Phi) is 12.9. The van der Waals surface area contributed by atoms with E-state index < -0.39 is 6.17 Å². The van der Waals surface area contributed by atoms with Gasteiger partial charge in [0.2, 0.25) is 0 Å². The zero-order valence-electron chi connectivity index (χ0n) is 14.6. The molecule has 1 saturated heterocycles. The molecule has 0 aromatic carbocycles. The quantitative estimate of drug-likeness (QED) is 0.589. The molecule has 4 atom stereocenters. The first kappa shape index (κ1) is 21.5. The van der Waals surface area contributed by atoms with Crippen molar-refractivity contribution in [2.75, 3.05) is 13.1 Å². The number of nitrogens with zero attached hydrogens (tertiary/aromatic N) is 1. The molecule has 0 saturated carbocycles. The van der Waals surface area contributed by atoms with Crippen molar-refractivity contribution >= 4 is 0 Å². The van der Waals surface area contributed by atoms with Crippen molar-refractivity contribution in [3.8, 4) is 0 Å². The van der Waals surface area contributed by atoms with Gasteiger partial charge in [0.05, 0.1) is 0 Å². The molecule has 120 valence electrons. The highest BCUT2D eigenvalue weighted by atomic mass is 19.1. The van der Waals surface area contributed by atoms with Gasteiger partial charge in [-0.2, -0.15) is 0 Å². The van der Waals surface area contributed by atoms with Gasteiger partial charge < -0.3 is 4.90 Å². The minimum absolute atomic E-state index is 0.504. The van der Waals surface area contributed by atoms with Crippen molar-refractivity contribution in [3.05, 3.63) is 25.4 Å². The van der Waals surface area contributed by atoms with Gasteiger partial charge >= 0.3 is 0 Å². The van der Waals surface area contributed by atoms with Gasteiger partial charge in [-0.25, -0.2) is 4.39 Å². The highest BCUT2D eigenvalue weighted by molar-refractivity contribution is 4.98. The molecule has 1 aliphatic heterocycles. The van der Waals surface area contributed by atoms with Crippen molar-refractivity contribution < 1.29 is 4.39 Å². The van der Waals surface area contributed by atoms with Crippen molar-refractivity contribution in [1.82, 2.24) is 4.90 Å². The van der Waals surface area contributed by atoms with Crippen LogP contribution in [0.3, 0.4) is 0 Å². The molecule has 0 amide bonds. The lowest BCUT2D eigenvalue weighted by molar-refractivity contribution is 0.168. The molecule has 0 spiro atoms. The van der Waals surface area contributed by atoms with Crippen LogP contribution in [-0.4, -0.2) is 24.2 Å². The molecule has 0 aliphatic carbocycles. The summed E-state index contributed by atoms with van der Waals surface area (Å²) in [6.45, 7) is 24.1. The second-order valence-electron chi connectivity index (χ2n) is 5.75. The maximum absolute atomic E-state index is 13.1. The summed E-state index contributed by atoms with van der Waals surface area (Å²) in [6, 6.07) is 0. The van der Waals surface area contributed by atoms with Gasteiger partial charge in [0.25, 0.3) is 0 Å². The molecule has 1 rings (SSSR count). The van der Waals surface area contributed by atoms with Crippen LogP contribution in [0.5, 0.6) is 0 Å². The largest absolute Gasteiger partial charge is 0.372 e. The number of halogens is 1. The first-order valence-electron chi connectivity index (χ1n) is 7.97. The fourth-order valence-corrected chi connectivity index (χ4v) is 2.66. The van der Waals surface area contributed by atoms with Gasteiger partial charge in [-0.1, -0.05) is 41.2 Å². The Bertz CT molecular complexity index is 250. The molecule has 0 aromatic heterocycles. The van der Waals surface area contributed by atoms with Crippen molar-refractivity contribution in [3.63, 3.8) is 0 Å². The van der Waals surface area contributed by atoms with Crippen LogP contribution in [0.4, 0.5) is 4.39 Å². The standard InChI is InChI=1S/C14H26FN.C2H6.C2H4/c1-10-6-11(2)12(3)7-14(5)16(8-10)9-13(4)15;2*1-2/h10-13H,5-9H2,1-4H3;1-2H3;1-2H2. The smallest absolute Gasteiger partial charge is 0.115 e. The van der Waals surface area contributed by atoms with Gasteiger partial charge in [-0.3, -0.25) is 0 Å². The van der Waals surface area contributed by atoms with Gasteiger partial charge in [-0.15, -0.1) is 13.2 Å². The van der Waals surface area contributed by atoms with Crippen LogP contribution in [0.15, 0.2) is 25.4 Å². The minimum Gasteiger partial charge on any atom is -0.372 e. The summed E-state index contributed by atoms with van der Waals surface area (Å²) in [5.74, 6) is 2.04. The van der Waals surface area contributed by atoms with Crippen molar-refractivity contribution in [1.29, 1.82) is 0 Å². The number of alkyl halides is 1. The normalized spacial score (nSPS) is 28.1. The maximum Gasteiger partial charge on any atom is 0.115 e. The predicted octanol–water partition coefficient (Wildman–Crippen LogP) is 5.69.